The van der Waals surface area contributed by atoms with Gasteiger partial charge in [-0.15, -0.1) is 0 Å². The van der Waals surface area contributed by atoms with E-state index in [1.165, 1.54) is 7.11 Å². The highest BCUT2D eigenvalue weighted by Crippen LogP contribution is 2.41. The van der Waals surface area contributed by atoms with Gasteiger partial charge in [-0.05, 0) is 43.5 Å². The highest BCUT2D eigenvalue weighted by molar-refractivity contribution is 6.82. The SMILES string of the molecule is COC(=O)[C@H](C[C@@H]1CCCNC1=O)NC(=O)C1C[Si]2(CCCC2)CN1C(=O)c1cc2c(OC)cccc2[nH]1. The molecule has 3 aliphatic heterocycles. The molecular formula is C27H36N4O6Si. The number of benzene rings is 1. The topological polar surface area (TPSA) is 130 Å². The Morgan fingerprint density at radius 3 is 2.68 bits per heavy atom. The molecule has 10 nitrogen and oxygen atoms in total. The maximum atomic E-state index is 13.9. The molecule has 3 N–H and O–H groups in total. The van der Waals surface area contributed by atoms with Crippen LogP contribution in [0, 0.1) is 5.92 Å². The molecule has 1 spiro atoms. The van der Waals surface area contributed by atoms with Gasteiger partial charge < -0.3 is 30.0 Å². The number of amides is 3. The fraction of sp³-hybridized carbons (Fsp3) is 0.556. The Bertz CT molecular complexity index is 1240. The number of H-pyrrole nitrogens is 1. The van der Waals surface area contributed by atoms with Gasteiger partial charge in [0.2, 0.25) is 11.8 Å². The van der Waals surface area contributed by atoms with Crippen LogP contribution in [-0.2, 0) is 19.1 Å². The number of nitrogens with one attached hydrogen (secondary N) is 3. The van der Waals surface area contributed by atoms with E-state index in [1.807, 2.05) is 18.2 Å². The van der Waals surface area contributed by atoms with Gasteiger partial charge in [-0.25, -0.2) is 4.79 Å². The van der Waals surface area contributed by atoms with E-state index < -0.39 is 26.1 Å². The lowest BCUT2D eigenvalue weighted by molar-refractivity contribution is -0.146. The van der Waals surface area contributed by atoms with E-state index in [9.17, 15) is 19.2 Å². The second-order valence-electron chi connectivity index (χ2n) is 10.9. The summed E-state index contributed by atoms with van der Waals surface area (Å²) in [5.41, 5.74) is 1.20. The molecule has 1 aromatic carbocycles. The molecule has 3 atom stereocenters. The van der Waals surface area contributed by atoms with Crippen molar-refractivity contribution in [3.63, 3.8) is 0 Å². The summed E-state index contributed by atoms with van der Waals surface area (Å²) >= 11 is 0. The molecule has 0 bridgehead atoms. The Morgan fingerprint density at radius 2 is 1.97 bits per heavy atom. The summed E-state index contributed by atoms with van der Waals surface area (Å²) in [7, 11) is 1.04. The lowest BCUT2D eigenvalue weighted by Gasteiger charge is -2.28. The highest BCUT2D eigenvalue weighted by Gasteiger charge is 2.52. The molecule has 2 aromatic rings. The third-order valence-electron chi connectivity index (χ3n) is 8.53. The van der Waals surface area contributed by atoms with Gasteiger partial charge in [0, 0.05) is 29.5 Å². The Balaban J connectivity index is 1.39. The number of hydrogen-bond acceptors (Lipinski definition) is 6. The fourth-order valence-electron chi connectivity index (χ4n) is 6.54. The van der Waals surface area contributed by atoms with Gasteiger partial charge in [0.05, 0.1) is 22.3 Å². The molecule has 3 aliphatic rings. The maximum Gasteiger partial charge on any atom is 0.328 e. The van der Waals surface area contributed by atoms with Crippen molar-refractivity contribution in [2.24, 2.45) is 5.92 Å². The molecule has 3 amide bonds. The summed E-state index contributed by atoms with van der Waals surface area (Å²) < 4.78 is 10.4. The van der Waals surface area contributed by atoms with Crippen LogP contribution in [0.2, 0.25) is 18.1 Å². The molecule has 4 heterocycles. The number of rotatable bonds is 7. The Hall–Kier alpha value is -3.34. The van der Waals surface area contributed by atoms with Crippen molar-refractivity contribution in [3.05, 3.63) is 30.0 Å². The van der Waals surface area contributed by atoms with Crippen LogP contribution in [0.5, 0.6) is 5.75 Å². The number of ether oxygens (including phenoxy) is 2. The van der Waals surface area contributed by atoms with Crippen molar-refractivity contribution in [2.45, 2.75) is 62.3 Å². The lowest BCUT2D eigenvalue weighted by Crippen LogP contribution is -2.52. The van der Waals surface area contributed by atoms with E-state index in [0.29, 0.717) is 36.6 Å². The molecular weight excluding hydrogens is 504 g/mol. The van der Waals surface area contributed by atoms with Gasteiger partial charge in [0.15, 0.2) is 0 Å². The molecule has 11 heteroatoms. The summed E-state index contributed by atoms with van der Waals surface area (Å²) in [5, 5.41) is 6.51. The first kappa shape index (κ1) is 26.3. The minimum absolute atomic E-state index is 0.108. The van der Waals surface area contributed by atoms with Crippen LogP contribution < -0.4 is 15.4 Å². The third kappa shape index (κ3) is 5.03. The zero-order valence-corrected chi connectivity index (χ0v) is 23.0. The van der Waals surface area contributed by atoms with E-state index in [4.69, 9.17) is 9.47 Å². The largest absolute Gasteiger partial charge is 0.496 e. The average molecular weight is 541 g/mol. The van der Waals surface area contributed by atoms with Crippen LogP contribution in [0.4, 0.5) is 0 Å². The highest BCUT2D eigenvalue weighted by atomic mass is 28.3. The average Bonchev–Trinajstić information content (AvgIpc) is 3.67. The number of aromatic amines is 1. The summed E-state index contributed by atoms with van der Waals surface area (Å²) in [6.07, 6.45) is 4.55. The molecule has 38 heavy (non-hydrogen) atoms. The number of nitrogens with zero attached hydrogens (tertiary/aromatic N) is 1. The number of piperidine rings is 1. The molecule has 3 saturated heterocycles. The summed E-state index contributed by atoms with van der Waals surface area (Å²) in [4.78, 5) is 57.5. The number of methoxy groups -OCH3 is 2. The van der Waals surface area contributed by atoms with Crippen LogP contribution in [-0.4, -0.2) is 80.7 Å². The number of carbonyl (C=O) groups is 4. The minimum Gasteiger partial charge on any atom is -0.496 e. The summed E-state index contributed by atoms with van der Waals surface area (Å²) in [6, 6.07) is 8.66. The standard InChI is InChI=1S/C27H36N4O6Si/c1-36-23-9-5-8-19-18(23)14-20(29-19)26(34)31-16-38(11-3-4-12-38)15-22(31)25(33)30-21(27(35)37-2)13-17-7-6-10-28-24(17)32/h5,8-9,14,17,21-22,29H,3-4,6-7,10-13,15-16H2,1-2H3,(H,28,32)(H,30,33)/t17-,21-,22?/m0/s1. The second-order valence-corrected chi connectivity index (χ2v) is 15.6. The minimum atomic E-state index is -1.83. The molecule has 3 fully saturated rings. The third-order valence-corrected chi connectivity index (χ3v) is 13.6. The molecule has 0 radical (unpaired) electrons. The number of aromatic nitrogens is 1. The zero-order chi connectivity index (χ0) is 26.9. The van der Waals surface area contributed by atoms with Crippen LogP contribution in [0.3, 0.4) is 0 Å². The van der Waals surface area contributed by atoms with Crippen molar-refractivity contribution in [3.8, 4) is 5.75 Å². The van der Waals surface area contributed by atoms with E-state index in [0.717, 1.165) is 42.3 Å². The van der Waals surface area contributed by atoms with Gasteiger partial charge in [0.1, 0.15) is 23.5 Å². The second kappa shape index (κ2) is 10.8. The van der Waals surface area contributed by atoms with Crippen molar-refractivity contribution in [2.75, 3.05) is 26.9 Å². The predicted octanol–water partition coefficient (Wildman–Crippen LogP) is 2.36. The van der Waals surface area contributed by atoms with E-state index >= 15 is 0 Å². The maximum absolute atomic E-state index is 13.9. The normalized spacial score (nSPS) is 23.3. The Morgan fingerprint density at radius 1 is 1.18 bits per heavy atom. The zero-order valence-electron chi connectivity index (χ0n) is 22.0. The van der Waals surface area contributed by atoms with Gasteiger partial charge >= 0.3 is 5.97 Å². The monoisotopic (exact) mass is 540 g/mol. The molecule has 0 saturated carbocycles. The summed E-state index contributed by atoms with van der Waals surface area (Å²) in [6.45, 7) is 0.621. The number of esters is 1. The van der Waals surface area contributed by atoms with Crippen molar-refractivity contribution in [1.82, 2.24) is 20.5 Å². The molecule has 1 unspecified atom stereocenters. The molecule has 204 valence electrons. The number of hydrogen-bond donors (Lipinski definition) is 3. The van der Waals surface area contributed by atoms with E-state index in [-0.39, 0.29) is 30.1 Å². The van der Waals surface area contributed by atoms with Gasteiger partial charge in [-0.3, -0.25) is 14.4 Å². The fourth-order valence-corrected chi connectivity index (χ4v) is 12.0. The van der Waals surface area contributed by atoms with Crippen LogP contribution in [0.1, 0.15) is 42.6 Å². The van der Waals surface area contributed by atoms with Gasteiger partial charge in [-0.2, -0.15) is 0 Å². The first-order valence-corrected chi connectivity index (χ1v) is 16.3. The van der Waals surface area contributed by atoms with Gasteiger partial charge in [-0.1, -0.05) is 31.0 Å². The molecule has 1 aromatic heterocycles. The lowest BCUT2D eigenvalue weighted by atomic mass is 9.91. The Kier molecular flexibility index (Phi) is 7.46. The predicted molar refractivity (Wildman–Crippen MR) is 143 cm³/mol. The first-order valence-electron chi connectivity index (χ1n) is 13.5. The van der Waals surface area contributed by atoms with Gasteiger partial charge in [0.25, 0.3) is 5.91 Å². The molecule has 5 rings (SSSR count). The smallest absolute Gasteiger partial charge is 0.328 e. The first-order chi connectivity index (χ1) is 18.3. The van der Waals surface area contributed by atoms with Crippen molar-refractivity contribution < 1.29 is 28.7 Å². The quantitative estimate of drug-likeness (QED) is 0.365. The van der Waals surface area contributed by atoms with Crippen molar-refractivity contribution in [1.29, 1.82) is 0 Å². The molecule has 0 aliphatic carbocycles. The van der Waals surface area contributed by atoms with E-state index in [2.05, 4.69) is 15.6 Å². The van der Waals surface area contributed by atoms with Crippen LogP contribution >= 0.6 is 0 Å². The Labute approximate surface area is 222 Å². The van der Waals surface area contributed by atoms with E-state index in [1.54, 1.807) is 18.1 Å². The van der Waals surface area contributed by atoms with Crippen LogP contribution in [0.15, 0.2) is 24.3 Å². The van der Waals surface area contributed by atoms with Crippen LogP contribution in [0.25, 0.3) is 10.9 Å². The number of carbonyl (C=O) groups excluding carboxylic acids is 4. The van der Waals surface area contributed by atoms with Crippen molar-refractivity contribution >= 4 is 42.7 Å². The summed E-state index contributed by atoms with van der Waals surface area (Å²) in [5.74, 6) is -0.961. The number of fused-ring (bicyclic) bond motifs is 1.